The highest BCUT2D eigenvalue weighted by atomic mass is 32.2. The van der Waals surface area contributed by atoms with Crippen molar-refractivity contribution in [3.05, 3.63) is 77.8 Å². The van der Waals surface area contributed by atoms with Crippen molar-refractivity contribution in [3.63, 3.8) is 0 Å². The second kappa shape index (κ2) is 45.0. The first kappa shape index (κ1) is 76.3. The van der Waals surface area contributed by atoms with Crippen molar-refractivity contribution in [2.45, 2.75) is 213 Å². The van der Waals surface area contributed by atoms with Crippen LogP contribution in [-0.4, -0.2) is 64.9 Å². The number of thioether (sulfide) groups is 1. The van der Waals surface area contributed by atoms with Crippen molar-refractivity contribution < 1.29 is 14.4 Å². The number of hydrogen-bond donors (Lipinski definition) is 3. The number of fused-ring (bicyclic) bond motifs is 3. The van der Waals surface area contributed by atoms with E-state index in [2.05, 4.69) is 99.3 Å². The minimum absolute atomic E-state index is 0.00815. The fourth-order valence-corrected chi connectivity index (χ4v) is 12.0. The average molecular weight is 1080 g/mol. The van der Waals surface area contributed by atoms with Crippen LogP contribution in [0.4, 0.5) is 11.5 Å². The number of carbonyl (C=O) groups is 3. The van der Waals surface area contributed by atoms with Crippen molar-refractivity contribution >= 4 is 52.7 Å². The van der Waals surface area contributed by atoms with Crippen molar-refractivity contribution in [2.24, 2.45) is 51.0 Å². The summed E-state index contributed by atoms with van der Waals surface area (Å²) in [5.74, 6) is 5.93. The van der Waals surface area contributed by atoms with Gasteiger partial charge >= 0.3 is 0 Å². The summed E-state index contributed by atoms with van der Waals surface area (Å²) in [7, 11) is 1.97. The maximum Gasteiger partial charge on any atom is 0.251 e. The van der Waals surface area contributed by atoms with Crippen LogP contribution in [0.15, 0.2) is 65.8 Å². The van der Waals surface area contributed by atoms with Crippen LogP contribution in [0.2, 0.25) is 0 Å². The number of unbranched alkanes of at least 4 members (excludes halogenated alkanes) is 6. The molecule has 77 heavy (non-hydrogen) atoms. The zero-order valence-electron chi connectivity index (χ0n) is 51.6. The molecular weight excluding hydrogens is 971 g/mol. The van der Waals surface area contributed by atoms with Crippen LogP contribution in [0.25, 0.3) is 5.57 Å². The molecule has 10 nitrogen and oxygen atoms in total. The number of carbonyl (C=O) groups excluding carboxylic acids is 3. The normalized spacial score (nSPS) is 21.5. The number of terminal acetylenes is 2. The van der Waals surface area contributed by atoms with Crippen LogP contribution in [0.5, 0.6) is 0 Å². The van der Waals surface area contributed by atoms with Crippen molar-refractivity contribution in [3.8, 4) is 25.7 Å². The number of hydrogen-bond acceptors (Lipinski definition) is 9. The Kier molecular flexibility index (Phi) is 44.5. The van der Waals surface area contributed by atoms with Gasteiger partial charge in [0.25, 0.3) is 5.91 Å². The number of nitrogens with two attached hydrogens (primary N) is 2. The molecule has 1 aromatic carbocycles. The lowest BCUT2D eigenvalue weighted by molar-refractivity contribution is -0.127. The first-order valence-corrected chi connectivity index (χ1v) is 30.3. The molecule has 11 heteroatoms. The number of aldehydes is 1. The molecule has 2 aromatic rings. The van der Waals surface area contributed by atoms with Gasteiger partial charge in [0.1, 0.15) is 17.8 Å². The van der Waals surface area contributed by atoms with E-state index in [1.54, 1.807) is 20.0 Å². The van der Waals surface area contributed by atoms with Gasteiger partial charge in [0, 0.05) is 48.0 Å². The second-order valence-corrected chi connectivity index (χ2v) is 21.2. The number of ketones is 1. The van der Waals surface area contributed by atoms with Crippen LogP contribution in [0.1, 0.15) is 222 Å². The van der Waals surface area contributed by atoms with Gasteiger partial charge in [-0.2, -0.15) is 11.8 Å². The molecule has 3 aliphatic rings. The Bertz CT molecular complexity index is 2040. The maximum absolute atomic E-state index is 12.3. The Morgan fingerprint density at radius 1 is 0.896 bits per heavy atom. The number of aromatic nitrogens is 2. The Labute approximate surface area is 477 Å². The number of aliphatic imine (C=N–C) groups is 1. The Balaban J connectivity index is -0.00000104. The molecule has 0 saturated heterocycles. The van der Waals surface area contributed by atoms with Gasteiger partial charge in [0.2, 0.25) is 0 Å². The fourth-order valence-electron chi connectivity index (χ4n) is 11.2. The third-order valence-corrected chi connectivity index (χ3v) is 15.7. The van der Waals surface area contributed by atoms with Gasteiger partial charge in [-0.1, -0.05) is 138 Å². The third kappa shape index (κ3) is 26.0. The van der Waals surface area contributed by atoms with Gasteiger partial charge in [-0.05, 0) is 151 Å². The quantitative estimate of drug-likeness (QED) is 0.0199. The van der Waals surface area contributed by atoms with Gasteiger partial charge < -0.3 is 21.7 Å². The molecule has 434 valence electrons. The van der Waals surface area contributed by atoms with E-state index in [0.29, 0.717) is 53.0 Å². The van der Waals surface area contributed by atoms with E-state index in [4.69, 9.17) is 11.5 Å². The van der Waals surface area contributed by atoms with E-state index in [1.807, 2.05) is 109 Å². The van der Waals surface area contributed by atoms with Crippen LogP contribution in [-0.2, 0) is 16.1 Å². The molecule has 0 bridgehead atoms. The monoisotopic (exact) mass is 1080 g/mol. The molecule has 5 rings (SSSR count). The van der Waals surface area contributed by atoms with E-state index >= 15 is 0 Å². The lowest BCUT2D eigenvalue weighted by Crippen LogP contribution is -2.49. The molecule has 0 spiro atoms. The first-order valence-electron chi connectivity index (χ1n) is 29.2. The molecule has 0 radical (unpaired) electrons. The summed E-state index contributed by atoms with van der Waals surface area (Å²) >= 11 is 2.00. The summed E-state index contributed by atoms with van der Waals surface area (Å²) in [4.78, 5) is 51.0. The summed E-state index contributed by atoms with van der Waals surface area (Å²) in [5.41, 5.74) is 16.4. The number of benzene rings is 1. The van der Waals surface area contributed by atoms with Gasteiger partial charge in [0.15, 0.2) is 5.82 Å². The van der Waals surface area contributed by atoms with E-state index < -0.39 is 0 Å². The van der Waals surface area contributed by atoms with Gasteiger partial charge in [0.05, 0.1) is 24.3 Å². The molecule has 7 atom stereocenters. The molecule has 3 saturated carbocycles. The Morgan fingerprint density at radius 2 is 1.49 bits per heavy atom. The molecular formula is C66H111N7O3S. The van der Waals surface area contributed by atoms with E-state index in [9.17, 15) is 14.4 Å². The van der Waals surface area contributed by atoms with Crippen LogP contribution >= 0.6 is 11.8 Å². The Hall–Kier alpha value is -4.97. The number of anilines is 1. The summed E-state index contributed by atoms with van der Waals surface area (Å²) in [6, 6.07) is 7.71. The molecule has 4 unspecified atom stereocenters. The lowest BCUT2D eigenvalue weighted by Gasteiger charge is -2.56. The second-order valence-electron chi connectivity index (χ2n) is 20.0. The summed E-state index contributed by atoms with van der Waals surface area (Å²) in [6.45, 7) is 35.9. The van der Waals surface area contributed by atoms with E-state index in [-0.39, 0.29) is 28.7 Å². The summed E-state index contributed by atoms with van der Waals surface area (Å²) < 4.78 is 0. The van der Waals surface area contributed by atoms with Crippen LogP contribution in [0.3, 0.4) is 0 Å². The smallest absolute Gasteiger partial charge is 0.251 e. The molecule has 0 aliphatic heterocycles. The highest BCUT2D eigenvalue weighted by Crippen LogP contribution is 2.65. The Morgan fingerprint density at radius 3 is 2.01 bits per heavy atom. The summed E-state index contributed by atoms with van der Waals surface area (Å²) in [6.07, 6.45) is 43.7. The minimum atomic E-state index is -0.0477. The number of nitrogens with zero attached hydrogens (tertiary/aromatic N) is 4. The highest BCUT2D eigenvalue weighted by molar-refractivity contribution is 7.99. The predicted molar refractivity (Wildman–Crippen MR) is 340 cm³/mol. The van der Waals surface area contributed by atoms with Gasteiger partial charge in [-0.25, -0.2) is 15.0 Å². The molecule has 1 amide bonds. The van der Waals surface area contributed by atoms with Gasteiger partial charge in [-0.3, -0.25) is 14.4 Å². The van der Waals surface area contributed by atoms with Crippen molar-refractivity contribution in [1.29, 1.82) is 0 Å². The maximum atomic E-state index is 12.3. The molecule has 3 aliphatic carbocycles. The average Bonchev–Trinajstić information content (AvgIpc) is 3.80. The molecule has 1 aromatic heterocycles. The SMILES string of the molecule is C#C.C#C.C/C=C\[C@@]1(C)/C(=C\C=O)CCC2C3CC[C@H](C(C)=O)C3(C)CCC21.C=C(C)c1nc(CN(C)c2ccc(C(=O)N[C@H](C)CCC)cc2)cnc1N=C(C)N.CC.CC.CC.CCCCCCCCCSCCN. The molecule has 5 N–H and O–H groups in total. The number of Topliss-reactive ketones (excluding diaryl/α,β-unsaturated/α-hetero) is 1. The molecule has 3 fully saturated rings. The number of amides is 1. The molecule has 1 heterocycles. The van der Waals surface area contributed by atoms with Crippen LogP contribution < -0.4 is 21.7 Å². The number of nitrogens with one attached hydrogen (secondary N) is 1. The largest absolute Gasteiger partial charge is 0.387 e. The number of rotatable bonds is 22. The van der Waals surface area contributed by atoms with Crippen LogP contribution in [0, 0.1) is 60.2 Å². The summed E-state index contributed by atoms with van der Waals surface area (Å²) in [5, 5.41) is 3.02. The van der Waals surface area contributed by atoms with Crippen molar-refractivity contribution in [1.82, 2.24) is 15.3 Å². The predicted octanol–water partition coefficient (Wildman–Crippen LogP) is 16.2. The number of amidine groups is 1. The van der Waals surface area contributed by atoms with Gasteiger partial charge in [-0.15, -0.1) is 25.7 Å². The zero-order chi connectivity index (χ0) is 59.6. The minimum Gasteiger partial charge on any atom is -0.387 e. The van der Waals surface area contributed by atoms with E-state index in [0.717, 1.165) is 67.6 Å². The zero-order valence-corrected chi connectivity index (χ0v) is 52.4. The topological polar surface area (TPSA) is 157 Å². The highest BCUT2D eigenvalue weighted by Gasteiger charge is 2.58. The fraction of sp³-hybridized carbons (Fsp3) is 0.636. The van der Waals surface area contributed by atoms with Crippen molar-refractivity contribution in [2.75, 3.05) is 30.0 Å². The lowest BCUT2D eigenvalue weighted by atomic mass is 9.48. The first-order chi connectivity index (χ1) is 37.0. The third-order valence-electron chi connectivity index (χ3n) is 14.6. The number of allylic oxidation sites excluding steroid dienone is 5. The standard InChI is InChI=1S/C23H32N6O.C22H32O2.C11H25NS.3C2H6.2C2H2/c1-7-8-16(4)26-23(30)18-9-11-20(12-10-18)29(6)14-19-13-25-22(27-17(5)24)21(28-19)15(2)3;1-5-12-21(3)16(11-14-23)6-7-17-19-9-8-18(15(2)24)22(19,4)13-10-20(17)21;1-2-3-4-5-6-7-8-10-13-11-9-12;5*1-2/h9-13,16H,2,7-8,14H2,1,3-6H3,(H,26,30)(H2,24,25,27);5,11-12,14,17-20H,6-10,13H2,1-4H3;2-12H2,1H3;3*1-2H3;2*1-2H/b;12-5-,16-11-;;;;;;/t16-;17?,18-,19?,20?,21+,22?;;;;;;/m11....../s1. The van der Waals surface area contributed by atoms with E-state index in [1.165, 1.54) is 75.5 Å².